The number of carbonyl (C=O) groups excluding carboxylic acids is 2. The van der Waals surface area contributed by atoms with Gasteiger partial charge in [0.2, 0.25) is 11.8 Å². The third-order valence-corrected chi connectivity index (χ3v) is 8.68. The van der Waals surface area contributed by atoms with Gasteiger partial charge < -0.3 is 20.1 Å². The maximum atomic E-state index is 13.9. The summed E-state index contributed by atoms with van der Waals surface area (Å²) in [6.07, 6.45) is 2.37. The second-order valence-corrected chi connectivity index (χ2v) is 12.3. The molecule has 1 aromatic heterocycles. The predicted molar refractivity (Wildman–Crippen MR) is 151 cm³/mol. The number of aromatic nitrogens is 1. The van der Waals surface area contributed by atoms with Crippen LogP contribution in [0.15, 0.2) is 48.5 Å². The van der Waals surface area contributed by atoms with Gasteiger partial charge in [-0.1, -0.05) is 32.0 Å². The molecule has 2 fully saturated rings. The van der Waals surface area contributed by atoms with Crippen LogP contribution < -0.4 is 10.2 Å². The Morgan fingerprint density at radius 1 is 1.05 bits per heavy atom. The summed E-state index contributed by atoms with van der Waals surface area (Å²) in [5, 5.41) is 4.31. The number of amides is 2. The summed E-state index contributed by atoms with van der Waals surface area (Å²) in [5.41, 5.74) is 4.58. The van der Waals surface area contributed by atoms with Crippen molar-refractivity contribution in [1.82, 2.24) is 9.88 Å². The number of hydrogen-bond acceptors (Lipinski definition) is 3. The Hall–Kier alpha value is -3.28. The lowest BCUT2D eigenvalue weighted by Gasteiger charge is -2.38. The van der Waals surface area contributed by atoms with Crippen LogP contribution in [0.25, 0.3) is 10.9 Å². The van der Waals surface area contributed by atoms with Crippen molar-refractivity contribution in [3.05, 3.63) is 59.8 Å². The van der Waals surface area contributed by atoms with E-state index in [1.54, 1.807) is 0 Å². The Bertz CT molecular complexity index is 1330. The molecule has 2 aliphatic carbocycles. The number of nitrogens with one attached hydrogen (secondary N) is 2. The first-order chi connectivity index (χ1) is 17.4. The Morgan fingerprint density at radius 3 is 2.32 bits per heavy atom. The number of hydrogen-bond donors (Lipinski definition) is 2. The van der Waals surface area contributed by atoms with E-state index in [1.807, 2.05) is 62.0 Å². The molecule has 2 amide bonds. The monoisotopic (exact) mass is 500 g/mol. The van der Waals surface area contributed by atoms with Crippen LogP contribution in [0, 0.1) is 18.3 Å². The molecule has 2 unspecified atom stereocenters. The Kier molecular flexibility index (Phi) is 6.12. The SMILES string of the molecule is Cc1[nH]c2ccccc2c1C1C(CC(=O)N(C2CC2)C(C)(C)C(=O)Nc2ccc(N(C)C)cc2)C1(C)C. The Morgan fingerprint density at radius 2 is 1.70 bits per heavy atom. The number of para-hydroxylation sites is 1. The molecule has 2 aliphatic rings. The fourth-order valence-electron chi connectivity index (χ4n) is 6.22. The van der Waals surface area contributed by atoms with Crippen LogP contribution in [-0.2, 0) is 9.59 Å². The van der Waals surface area contributed by atoms with Crippen LogP contribution in [0.4, 0.5) is 11.4 Å². The summed E-state index contributed by atoms with van der Waals surface area (Å²) < 4.78 is 0. The summed E-state index contributed by atoms with van der Waals surface area (Å²) in [7, 11) is 3.97. The molecule has 2 atom stereocenters. The van der Waals surface area contributed by atoms with E-state index in [0.717, 1.165) is 29.7 Å². The van der Waals surface area contributed by atoms with E-state index in [-0.39, 0.29) is 29.2 Å². The number of anilines is 2. The van der Waals surface area contributed by atoms with Crippen LogP contribution in [0.1, 0.15) is 64.1 Å². The molecule has 5 rings (SSSR count). The summed E-state index contributed by atoms with van der Waals surface area (Å²) in [4.78, 5) is 34.8. The van der Waals surface area contributed by atoms with Gasteiger partial charge in [0.05, 0.1) is 0 Å². The Labute approximate surface area is 220 Å². The summed E-state index contributed by atoms with van der Waals surface area (Å²) in [6.45, 7) is 10.4. The van der Waals surface area contributed by atoms with Gasteiger partial charge in [0.15, 0.2) is 0 Å². The van der Waals surface area contributed by atoms with Gasteiger partial charge in [-0.25, -0.2) is 0 Å². The molecule has 6 heteroatoms. The highest BCUT2D eigenvalue weighted by Crippen LogP contribution is 2.67. The van der Waals surface area contributed by atoms with Gasteiger partial charge in [0.1, 0.15) is 5.54 Å². The molecule has 0 bridgehead atoms. The molecule has 196 valence electrons. The average molecular weight is 501 g/mol. The van der Waals surface area contributed by atoms with Crippen molar-refractivity contribution in [2.75, 3.05) is 24.3 Å². The van der Waals surface area contributed by atoms with Crippen molar-refractivity contribution >= 4 is 34.1 Å². The first kappa shape index (κ1) is 25.4. The molecule has 1 heterocycles. The summed E-state index contributed by atoms with van der Waals surface area (Å²) in [5.74, 6) is 0.505. The molecule has 0 aliphatic heterocycles. The van der Waals surface area contributed by atoms with Gasteiger partial charge in [-0.3, -0.25) is 9.59 Å². The summed E-state index contributed by atoms with van der Waals surface area (Å²) in [6, 6.07) is 16.3. The van der Waals surface area contributed by atoms with E-state index < -0.39 is 5.54 Å². The zero-order chi connectivity index (χ0) is 26.7. The van der Waals surface area contributed by atoms with Crippen molar-refractivity contribution < 1.29 is 9.59 Å². The predicted octanol–water partition coefficient (Wildman–Crippen LogP) is 6.08. The standard InChI is InChI=1S/C31H40N4O2/c1-19-27(23-10-8-9-11-25(23)32-19)28-24(30(28,2)3)18-26(36)35(22-16-17-22)31(4,5)29(37)33-20-12-14-21(15-13-20)34(6)7/h8-15,22,24,28,32H,16-18H2,1-7H3,(H,33,37). The lowest BCUT2D eigenvalue weighted by molar-refractivity contribution is -0.144. The number of nitrogens with zero attached hydrogens (tertiary/aromatic N) is 2. The molecule has 2 aromatic carbocycles. The maximum absolute atomic E-state index is 13.9. The van der Waals surface area contributed by atoms with Crippen molar-refractivity contribution in [3.8, 4) is 0 Å². The topological polar surface area (TPSA) is 68.4 Å². The lowest BCUT2D eigenvalue weighted by atomic mass is 9.98. The third-order valence-electron chi connectivity index (χ3n) is 8.68. The van der Waals surface area contributed by atoms with Crippen LogP contribution in [0.2, 0.25) is 0 Å². The fourth-order valence-corrected chi connectivity index (χ4v) is 6.22. The van der Waals surface area contributed by atoms with Crippen molar-refractivity contribution in [3.63, 3.8) is 0 Å². The molecule has 3 aromatic rings. The smallest absolute Gasteiger partial charge is 0.249 e. The van der Waals surface area contributed by atoms with Crippen molar-refractivity contribution in [2.45, 2.75) is 71.4 Å². The molecular formula is C31H40N4O2. The first-order valence-corrected chi connectivity index (χ1v) is 13.4. The summed E-state index contributed by atoms with van der Waals surface area (Å²) >= 11 is 0. The number of rotatable bonds is 8. The second-order valence-electron chi connectivity index (χ2n) is 12.3. The number of benzene rings is 2. The zero-order valence-corrected chi connectivity index (χ0v) is 23.2. The molecule has 0 radical (unpaired) electrons. The maximum Gasteiger partial charge on any atom is 0.249 e. The van der Waals surface area contributed by atoms with Crippen LogP contribution in [0.5, 0.6) is 0 Å². The van der Waals surface area contributed by atoms with E-state index in [0.29, 0.717) is 12.3 Å². The van der Waals surface area contributed by atoms with E-state index in [1.165, 1.54) is 16.6 Å². The molecular weight excluding hydrogens is 460 g/mol. The van der Waals surface area contributed by atoms with Gasteiger partial charge in [-0.05, 0) is 86.8 Å². The third kappa shape index (κ3) is 4.51. The van der Waals surface area contributed by atoms with Gasteiger partial charge >= 0.3 is 0 Å². The van der Waals surface area contributed by atoms with Gasteiger partial charge in [-0.15, -0.1) is 0 Å². The highest BCUT2D eigenvalue weighted by atomic mass is 16.2. The minimum absolute atomic E-state index is 0.0290. The van der Waals surface area contributed by atoms with Crippen LogP contribution >= 0.6 is 0 Å². The number of carbonyl (C=O) groups is 2. The Balaban J connectivity index is 1.33. The van der Waals surface area contributed by atoms with Crippen molar-refractivity contribution in [2.24, 2.45) is 11.3 Å². The van der Waals surface area contributed by atoms with Gasteiger partial charge in [0, 0.05) is 54.5 Å². The lowest BCUT2D eigenvalue weighted by Crippen LogP contribution is -2.56. The minimum Gasteiger partial charge on any atom is -0.378 e. The van der Waals surface area contributed by atoms with E-state index >= 15 is 0 Å². The van der Waals surface area contributed by atoms with Gasteiger partial charge in [0.25, 0.3) is 0 Å². The molecule has 0 saturated heterocycles. The molecule has 6 nitrogen and oxygen atoms in total. The number of aryl methyl sites for hydroxylation is 1. The number of fused-ring (bicyclic) bond motifs is 1. The van der Waals surface area contributed by atoms with Crippen LogP contribution in [-0.4, -0.2) is 47.4 Å². The average Bonchev–Trinajstić information content (AvgIpc) is 3.71. The minimum atomic E-state index is -0.941. The second kappa shape index (κ2) is 8.93. The highest BCUT2D eigenvalue weighted by Gasteiger charge is 2.60. The normalized spacial score (nSPS) is 20.5. The molecule has 2 N–H and O–H groups in total. The first-order valence-electron chi connectivity index (χ1n) is 13.4. The molecule has 0 spiro atoms. The fraction of sp³-hybridized carbons (Fsp3) is 0.484. The molecule has 37 heavy (non-hydrogen) atoms. The molecule has 2 saturated carbocycles. The number of aromatic amines is 1. The largest absolute Gasteiger partial charge is 0.378 e. The quantitative estimate of drug-likeness (QED) is 0.394. The van der Waals surface area contributed by atoms with E-state index in [2.05, 4.69) is 55.3 Å². The highest BCUT2D eigenvalue weighted by molar-refractivity contribution is 6.00. The zero-order valence-electron chi connectivity index (χ0n) is 23.2. The number of H-pyrrole nitrogens is 1. The van der Waals surface area contributed by atoms with Crippen LogP contribution in [0.3, 0.4) is 0 Å². The van der Waals surface area contributed by atoms with Crippen molar-refractivity contribution in [1.29, 1.82) is 0 Å². The van der Waals surface area contributed by atoms with E-state index in [9.17, 15) is 9.59 Å². The van der Waals surface area contributed by atoms with E-state index in [4.69, 9.17) is 0 Å². The van der Waals surface area contributed by atoms with Gasteiger partial charge in [-0.2, -0.15) is 0 Å².